The molecule has 3 rings (SSSR count). The van der Waals surface area contributed by atoms with Gasteiger partial charge in [0.2, 0.25) is 0 Å². The number of aliphatic hydroxyl groups excluding tert-OH is 1. The minimum atomic E-state index is -1.92. The van der Waals surface area contributed by atoms with E-state index in [-0.39, 0.29) is 6.61 Å². The highest BCUT2D eigenvalue weighted by molar-refractivity contribution is 7.54. The van der Waals surface area contributed by atoms with Crippen molar-refractivity contribution in [1.29, 1.82) is 0 Å². The van der Waals surface area contributed by atoms with Crippen LogP contribution in [0.5, 0.6) is 0 Å². The van der Waals surface area contributed by atoms with Crippen molar-refractivity contribution in [2.75, 3.05) is 0 Å². The largest absolute Gasteiger partial charge is 0.392 e. The van der Waals surface area contributed by atoms with Crippen molar-refractivity contribution in [2.45, 2.75) is 26.2 Å². The molecule has 0 saturated carbocycles. The van der Waals surface area contributed by atoms with Gasteiger partial charge in [0, 0.05) is 0 Å². The summed E-state index contributed by atoms with van der Waals surface area (Å²) < 4.78 is 0. The average Bonchev–Trinajstić information content (AvgIpc) is 2.68. The Morgan fingerprint density at radius 3 is 1.44 bits per heavy atom. The first kappa shape index (κ1) is 17.9. The number of rotatable bonds is 5. The van der Waals surface area contributed by atoms with E-state index in [1.165, 1.54) is 15.6 Å². The fourth-order valence-electron chi connectivity index (χ4n) is 3.75. The summed E-state index contributed by atoms with van der Waals surface area (Å²) in [5.41, 5.74) is 0.983. The second-order valence-corrected chi connectivity index (χ2v) is 21.3. The summed E-state index contributed by atoms with van der Waals surface area (Å²) in [5.74, 6) is 0. The molecule has 3 heteroatoms. The summed E-state index contributed by atoms with van der Waals surface area (Å²) in [5, 5.41) is 13.8. The smallest absolute Gasteiger partial charge is 0.112 e. The third-order valence-electron chi connectivity index (χ3n) is 5.81. The van der Waals surface area contributed by atoms with Crippen LogP contribution in [-0.4, -0.2) is 20.3 Å². The van der Waals surface area contributed by atoms with Gasteiger partial charge in [-0.15, -0.1) is 0 Å². The summed E-state index contributed by atoms with van der Waals surface area (Å²) in [4.78, 5) is 0. The molecule has 0 unspecified atom stereocenters. The molecule has 1 N–H and O–H groups in total. The van der Waals surface area contributed by atoms with Gasteiger partial charge in [-0.2, -0.15) is 0 Å². The minimum absolute atomic E-state index is 0.105. The third-order valence-corrected chi connectivity index (χ3v) is 23.2. The predicted molar refractivity (Wildman–Crippen MR) is 113 cm³/mol. The number of hydrogen-bond donors (Lipinski definition) is 1. The quantitative estimate of drug-likeness (QED) is 0.692. The molecule has 128 valence electrons. The lowest BCUT2D eigenvalue weighted by atomic mass is 10.2. The van der Waals surface area contributed by atoms with Crippen molar-refractivity contribution in [1.82, 2.24) is 0 Å². The van der Waals surface area contributed by atoms with E-state index in [4.69, 9.17) is 0 Å². The van der Waals surface area contributed by atoms with E-state index in [1.54, 1.807) is 0 Å². The van der Waals surface area contributed by atoms with Crippen molar-refractivity contribution in [3.05, 3.63) is 90.5 Å². The average molecular weight is 363 g/mol. The van der Waals surface area contributed by atoms with Crippen molar-refractivity contribution in [2.24, 2.45) is 0 Å². The molecule has 0 aromatic heterocycles. The Hall–Kier alpha value is -1.95. The standard InChI is InChI=1S/C22H26OSi2/c1-24(2,20-16-14-19(18-23)15-17-20)25(3,21-10-6-4-7-11-21)22-12-8-5-9-13-22/h4-17,23H,18H2,1-3H3. The van der Waals surface area contributed by atoms with Crippen LogP contribution in [0.3, 0.4) is 0 Å². The maximum absolute atomic E-state index is 9.37. The van der Waals surface area contributed by atoms with Crippen LogP contribution < -0.4 is 15.6 Å². The van der Waals surface area contributed by atoms with Crippen LogP contribution in [0.1, 0.15) is 5.56 Å². The summed E-state index contributed by atoms with van der Waals surface area (Å²) in [7, 11) is -3.71. The van der Waals surface area contributed by atoms with Crippen molar-refractivity contribution >= 4 is 30.7 Å². The lowest BCUT2D eigenvalue weighted by molar-refractivity contribution is 0.282. The Labute approximate surface area is 152 Å². The van der Waals surface area contributed by atoms with Crippen LogP contribution >= 0.6 is 0 Å². The number of benzene rings is 3. The monoisotopic (exact) mass is 362 g/mol. The molecular formula is C22H26OSi2. The van der Waals surface area contributed by atoms with E-state index < -0.39 is 15.2 Å². The summed E-state index contributed by atoms with van der Waals surface area (Å²) in [6, 6.07) is 30.8. The third kappa shape index (κ3) is 3.15. The Bertz CT molecular complexity index is 772. The van der Waals surface area contributed by atoms with E-state index in [1.807, 2.05) is 0 Å². The maximum Gasteiger partial charge on any atom is 0.112 e. The molecule has 1 nitrogen and oxygen atoms in total. The lowest BCUT2D eigenvalue weighted by Crippen LogP contribution is -2.76. The van der Waals surface area contributed by atoms with Gasteiger partial charge in [0.05, 0.1) is 14.2 Å². The highest BCUT2D eigenvalue weighted by atomic mass is 29.3. The zero-order chi connectivity index (χ0) is 17.9. The fraction of sp³-hybridized carbons (Fsp3) is 0.182. The normalized spacial score (nSPS) is 12.2. The van der Waals surface area contributed by atoms with Crippen LogP contribution in [0, 0.1) is 0 Å². The van der Waals surface area contributed by atoms with Crippen LogP contribution in [0.2, 0.25) is 19.6 Å². The van der Waals surface area contributed by atoms with Gasteiger partial charge in [0.1, 0.15) is 7.59 Å². The van der Waals surface area contributed by atoms with Gasteiger partial charge in [-0.05, 0) is 5.56 Å². The first-order valence-corrected chi connectivity index (χ1v) is 15.3. The molecule has 0 atom stereocenters. The molecule has 0 bridgehead atoms. The number of hydrogen-bond acceptors (Lipinski definition) is 1. The van der Waals surface area contributed by atoms with E-state index >= 15 is 0 Å². The summed E-state index contributed by atoms with van der Waals surface area (Å²) >= 11 is 0. The zero-order valence-corrected chi connectivity index (χ0v) is 17.2. The van der Waals surface area contributed by atoms with Crippen molar-refractivity contribution in [3.8, 4) is 0 Å². The summed E-state index contributed by atoms with van der Waals surface area (Å²) in [6.45, 7) is 7.65. The van der Waals surface area contributed by atoms with Gasteiger partial charge in [-0.3, -0.25) is 0 Å². The fourth-order valence-corrected chi connectivity index (χ4v) is 16.4. The van der Waals surface area contributed by atoms with Crippen molar-refractivity contribution in [3.63, 3.8) is 0 Å². The van der Waals surface area contributed by atoms with Gasteiger partial charge < -0.3 is 5.11 Å². The molecule has 3 aromatic carbocycles. The first-order chi connectivity index (χ1) is 12.0. The molecule has 0 heterocycles. The van der Waals surface area contributed by atoms with Crippen LogP contribution in [0.15, 0.2) is 84.9 Å². The Balaban J connectivity index is 2.20. The van der Waals surface area contributed by atoms with Crippen LogP contribution in [0.25, 0.3) is 0 Å². The molecule has 0 spiro atoms. The second-order valence-electron chi connectivity index (χ2n) is 7.34. The maximum atomic E-state index is 9.37. The Morgan fingerprint density at radius 1 is 0.600 bits per heavy atom. The van der Waals surface area contributed by atoms with Crippen LogP contribution in [-0.2, 0) is 6.61 Å². The molecule has 0 aliphatic carbocycles. The first-order valence-electron chi connectivity index (χ1n) is 8.81. The Kier molecular flexibility index (Phi) is 5.09. The van der Waals surface area contributed by atoms with Crippen molar-refractivity contribution < 1.29 is 5.11 Å². The molecule has 0 saturated heterocycles. The molecule has 25 heavy (non-hydrogen) atoms. The molecule has 3 aromatic rings. The summed E-state index contributed by atoms with van der Waals surface area (Å²) in [6.07, 6.45) is 0. The molecule has 0 aliphatic rings. The molecule has 0 fully saturated rings. The topological polar surface area (TPSA) is 20.2 Å². The van der Waals surface area contributed by atoms with Gasteiger partial charge in [0.25, 0.3) is 0 Å². The van der Waals surface area contributed by atoms with E-state index in [9.17, 15) is 5.11 Å². The number of aliphatic hydroxyl groups is 1. The second kappa shape index (κ2) is 7.12. The molecule has 0 amide bonds. The highest BCUT2D eigenvalue weighted by Gasteiger charge is 2.48. The highest BCUT2D eigenvalue weighted by Crippen LogP contribution is 2.20. The van der Waals surface area contributed by atoms with Gasteiger partial charge in [0.15, 0.2) is 0 Å². The molecule has 0 aliphatic heterocycles. The molecular weight excluding hydrogens is 336 g/mol. The molecule has 0 radical (unpaired) electrons. The SMILES string of the molecule is C[Si](C)(c1ccc(CO)cc1)[Si](C)(c1ccccc1)c1ccccc1. The zero-order valence-electron chi connectivity index (χ0n) is 15.2. The minimum Gasteiger partial charge on any atom is -0.392 e. The Morgan fingerprint density at radius 2 is 1.04 bits per heavy atom. The van der Waals surface area contributed by atoms with Gasteiger partial charge in [-0.1, -0.05) is 120 Å². The van der Waals surface area contributed by atoms with Gasteiger partial charge >= 0.3 is 0 Å². The predicted octanol–water partition coefficient (Wildman–Crippen LogP) is 3.07. The van der Waals surface area contributed by atoms with E-state index in [0.29, 0.717) is 0 Å². The lowest BCUT2D eigenvalue weighted by Gasteiger charge is -2.42. The van der Waals surface area contributed by atoms with Crippen LogP contribution in [0.4, 0.5) is 0 Å². The van der Waals surface area contributed by atoms with E-state index in [2.05, 4.69) is 105 Å². The van der Waals surface area contributed by atoms with E-state index in [0.717, 1.165) is 5.56 Å². The van der Waals surface area contributed by atoms with Gasteiger partial charge in [-0.25, -0.2) is 0 Å².